The predicted molar refractivity (Wildman–Crippen MR) is 132 cm³/mol. The molecule has 2 heterocycles. The van der Waals surface area contributed by atoms with E-state index in [-0.39, 0.29) is 10.8 Å². The standard InChI is InChI=1S/C25H28N4O4S/c1-28(22-7-3-4-8-23(22)33-2)34(31,32)21-11-9-20(10-12-21)25(30)27-18-19-13-14-26-24(17-19)29-15-5-6-16-29/h3-4,7-14,17H,5-6,15-16,18H2,1-2H3,(H,27,30). The van der Waals surface area contributed by atoms with Gasteiger partial charge in [0.2, 0.25) is 0 Å². The van der Waals surface area contributed by atoms with E-state index in [2.05, 4.69) is 15.2 Å². The maximum atomic E-state index is 13.1. The lowest BCUT2D eigenvalue weighted by Crippen LogP contribution is -2.27. The first-order valence-electron chi connectivity index (χ1n) is 11.1. The number of para-hydroxylation sites is 2. The first-order chi connectivity index (χ1) is 16.4. The number of rotatable bonds is 8. The van der Waals surface area contributed by atoms with Crippen LogP contribution in [-0.2, 0) is 16.6 Å². The first kappa shape index (κ1) is 23.6. The van der Waals surface area contributed by atoms with E-state index < -0.39 is 10.0 Å². The number of carbonyl (C=O) groups excluding carboxylic acids is 1. The fourth-order valence-electron chi connectivity index (χ4n) is 3.93. The molecular weight excluding hydrogens is 452 g/mol. The molecule has 34 heavy (non-hydrogen) atoms. The molecule has 9 heteroatoms. The molecule has 0 radical (unpaired) electrons. The van der Waals surface area contributed by atoms with Crippen LogP contribution in [0.4, 0.5) is 11.5 Å². The Morgan fingerprint density at radius 2 is 1.79 bits per heavy atom. The Morgan fingerprint density at radius 3 is 2.50 bits per heavy atom. The van der Waals surface area contributed by atoms with Gasteiger partial charge in [-0.2, -0.15) is 0 Å². The summed E-state index contributed by atoms with van der Waals surface area (Å²) in [5.41, 5.74) is 1.77. The van der Waals surface area contributed by atoms with Crippen LogP contribution in [0.5, 0.6) is 5.75 Å². The zero-order valence-electron chi connectivity index (χ0n) is 19.3. The Bertz CT molecular complexity index is 1260. The van der Waals surface area contributed by atoms with Crippen LogP contribution in [0.15, 0.2) is 71.8 Å². The number of ether oxygens (including phenoxy) is 1. The Hall–Kier alpha value is -3.59. The van der Waals surface area contributed by atoms with Gasteiger partial charge in [0.15, 0.2) is 0 Å². The van der Waals surface area contributed by atoms with Gasteiger partial charge in [-0.05, 0) is 66.9 Å². The van der Waals surface area contributed by atoms with Gasteiger partial charge in [0.25, 0.3) is 15.9 Å². The highest BCUT2D eigenvalue weighted by Gasteiger charge is 2.24. The highest BCUT2D eigenvalue weighted by molar-refractivity contribution is 7.92. The Labute approximate surface area is 200 Å². The van der Waals surface area contributed by atoms with Crippen molar-refractivity contribution in [3.05, 3.63) is 78.0 Å². The number of hydrogen-bond donors (Lipinski definition) is 1. The van der Waals surface area contributed by atoms with Gasteiger partial charge in [-0.25, -0.2) is 13.4 Å². The van der Waals surface area contributed by atoms with Crippen LogP contribution in [0, 0.1) is 0 Å². The molecule has 2 aromatic carbocycles. The molecule has 3 aromatic rings. The molecule has 0 unspecified atom stereocenters. The largest absolute Gasteiger partial charge is 0.495 e. The van der Waals surface area contributed by atoms with Gasteiger partial charge >= 0.3 is 0 Å². The van der Waals surface area contributed by atoms with Crippen LogP contribution in [0.3, 0.4) is 0 Å². The number of hydrogen-bond acceptors (Lipinski definition) is 6. The summed E-state index contributed by atoms with van der Waals surface area (Å²) in [5.74, 6) is 1.10. The van der Waals surface area contributed by atoms with Crippen LogP contribution in [0.2, 0.25) is 0 Å². The number of pyridine rings is 1. The van der Waals surface area contributed by atoms with Crippen LogP contribution in [0.25, 0.3) is 0 Å². The molecule has 1 amide bonds. The smallest absolute Gasteiger partial charge is 0.264 e. The topological polar surface area (TPSA) is 91.8 Å². The second kappa shape index (κ2) is 10.1. The Kier molecular flexibility index (Phi) is 7.02. The molecule has 8 nitrogen and oxygen atoms in total. The van der Waals surface area contributed by atoms with E-state index in [0.29, 0.717) is 23.5 Å². The van der Waals surface area contributed by atoms with Crippen molar-refractivity contribution >= 4 is 27.4 Å². The van der Waals surface area contributed by atoms with E-state index in [9.17, 15) is 13.2 Å². The third kappa shape index (κ3) is 4.99. The fraction of sp³-hybridized carbons (Fsp3) is 0.280. The first-order valence-corrected chi connectivity index (χ1v) is 12.5. The molecule has 1 N–H and O–H groups in total. The van der Waals surface area contributed by atoms with Crippen molar-refractivity contribution in [2.45, 2.75) is 24.3 Å². The summed E-state index contributed by atoms with van der Waals surface area (Å²) in [7, 11) is -0.862. The molecule has 1 aliphatic heterocycles. The molecule has 0 aliphatic carbocycles. The molecule has 0 bridgehead atoms. The minimum atomic E-state index is -3.83. The Morgan fingerprint density at radius 1 is 1.09 bits per heavy atom. The fourth-order valence-corrected chi connectivity index (χ4v) is 5.14. The summed E-state index contributed by atoms with van der Waals surface area (Å²) in [4.78, 5) is 19.4. The average Bonchev–Trinajstić information content (AvgIpc) is 3.42. The van der Waals surface area contributed by atoms with Crippen LogP contribution < -0.4 is 19.3 Å². The van der Waals surface area contributed by atoms with Crippen molar-refractivity contribution in [1.29, 1.82) is 0 Å². The molecule has 0 atom stereocenters. The molecule has 1 aliphatic rings. The number of aromatic nitrogens is 1. The number of amides is 1. The highest BCUT2D eigenvalue weighted by Crippen LogP contribution is 2.30. The summed E-state index contributed by atoms with van der Waals surface area (Å²) >= 11 is 0. The molecule has 1 saturated heterocycles. The maximum absolute atomic E-state index is 13.1. The summed E-state index contributed by atoms with van der Waals surface area (Å²) in [6.45, 7) is 2.37. The van der Waals surface area contributed by atoms with Gasteiger partial charge in [0.05, 0.1) is 17.7 Å². The van der Waals surface area contributed by atoms with Gasteiger partial charge in [0, 0.05) is 38.4 Å². The second-order valence-corrected chi connectivity index (χ2v) is 10.0. The number of nitrogens with one attached hydrogen (secondary N) is 1. The van der Waals surface area contributed by atoms with E-state index in [1.807, 2.05) is 12.1 Å². The van der Waals surface area contributed by atoms with E-state index in [4.69, 9.17) is 4.74 Å². The summed E-state index contributed by atoms with van der Waals surface area (Å²) < 4.78 is 32.6. The zero-order valence-corrected chi connectivity index (χ0v) is 20.1. The van der Waals surface area contributed by atoms with Crippen molar-refractivity contribution < 1.29 is 17.9 Å². The molecule has 1 fully saturated rings. The predicted octanol–water partition coefficient (Wildman–Crippen LogP) is 3.45. The van der Waals surface area contributed by atoms with Crippen molar-refractivity contribution in [1.82, 2.24) is 10.3 Å². The van der Waals surface area contributed by atoms with Crippen molar-refractivity contribution in [3.8, 4) is 5.75 Å². The van der Waals surface area contributed by atoms with Crippen LogP contribution in [0.1, 0.15) is 28.8 Å². The normalized spacial score (nSPS) is 13.5. The van der Waals surface area contributed by atoms with E-state index >= 15 is 0 Å². The highest BCUT2D eigenvalue weighted by atomic mass is 32.2. The minimum Gasteiger partial charge on any atom is -0.495 e. The number of anilines is 2. The number of benzene rings is 2. The van der Waals surface area contributed by atoms with Crippen molar-refractivity contribution in [2.75, 3.05) is 36.5 Å². The lowest BCUT2D eigenvalue weighted by Gasteiger charge is -2.21. The maximum Gasteiger partial charge on any atom is 0.264 e. The number of methoxy groups -OCH3 is 1. The molecule has 4 rings (SSSR count). The second-order valence-electron chi connectivity index (χ2n) is 8.07. The van der Waals surface area contributed by atoms with Gasteiger partial charge in [-0.15, -0.1) is 0 Å². The van der Waals surface area contributed by atoms with Gasteiger partial charge in [-0.3, -0.25) is 9.10 Å². The lowest BCUT2D eigenvalue weighted by atomic mass is 10.2. The van der Waals surface area contributed by atoms with E-state index in [1.165, 1.54) is 55.6 Å². The van der Waals surface area contributed by atoms with Crippen LogP contribution in [-0.4, -0.2) is 46.6 Å². The number of nitrogens with zero attached hydrogens (tertiary/aromatic N) is 3. The Balaban J connectivity index is 1.43. The van der Waals surface area contributed by atoms with Gasteiger partial charge in [-0.1, -0.05) is 12.1 Å². The molecule has 0 spiro atoms. The quantitative estimate of drug-likeness (QED) is 0.531. The number of carbonyl (C=O) groups is 1. The molecule has 178 valence electrons. The average molecular weight is 481 g/mol. The summed E-state index contributed by atoms with van der Waals surface area (Å²) in [6.07, 6.45) is 4.10. The third-order valence-electron chi connectivity index (χ3n) is 5.89. The SMILES string of the molecule is COc1ccccc1N(C)S(=O)(=O)c1ccc(C(=O)NCc2ccnc(N3CCCC3)c2)cc1. The van der Waals surface area contributed by atoms with Gasteiger partial charge in [0.1, 0.15) is 11.6 Å². The number of sulfonamides is 1. The van der Waals surface area contributed by atoms with E-state index in [1.54, 1.807) is 30.5 Å². The molecular formula is C25H28N4O4S. The lowest BCUT2D eigenvalue weighted by molar-refractivity contribution is 0.0951. The molecule has 0 saturated carbocycles. The van der Waals surface area contributed by atoms with Crippen molar-refractivity contribution in [3.63, 3.8) is 0 Å². The zero-order chi connectivity index (χ0) is 24.1. The van der Waals surface area contributed by atoms with Crippen LogP contribution >= 0.6 is 0 Å². The van der Waals surface area contributed by atoms with Crippen molar-refractivity contribution in [2.24, 2.45) is 0 Å². The van der Waals surface area contributed by atoms with Gasteiger partial charge < -0.3 is 15.0 Å². The molecule has 1 aromatic heterocycles. The minimum absolute atomic E-state index is 0.0850. The summed E-state index contributed by atoms with van der Waals surface area (Å²) in [5, 5.41) is 2.89. The van der Waals surface area contributed by atoms with E-state index in [0.717, 1.165) is 24.5 Å². The monoisotopic (exact) mass is 480 g/mol. The summed E-state index contributed by atoms with van der Waals surface area (Å²) in [6, 6.07) is 16.7. The third-order valence-corrected chi connectivity index (χ3v) is 7.68.